The maximum absolute atomic E-state index is 13.3. The molecule has 1 fully saturated rings. The first-order valence-electron chi connectivity index (χ1n) is 11.7. The molecule has 184 valence electrons. The monoisotopic (exact) mass is 495 g/mol. The number of carbonyl (C=O) groups is 2. The highest BCUT2D eigenvalue weighted by Crippen LogP contribution is 2.22. The van der Waals surface area contributed by atoms with Gasteiger partial charge in [-0.2, -0.15) is 0 Å². The molecule has 1 aromatic heterocycles. The van der Waals surface area contributed by atoms with Crippen LogP contribution in [-0.2, 0) is 27.2 Å². The molecule has 4 rings (SSSR count). The van der Waals surface area contributed by atoms with Crippen molar-refractivity contribution in [2.45, 2.75) is 50.4 Å². The van der Waals surface area contributed by atoms with Crippen molar-refractivity contribution < 1.29 is 19.1 Å². The number of aryl methyl sites for hydroxylation is 1. The van der Waals surface area contributed by atoms with Crippen molar-refractivity contribution in [1.82, 2.24) is 9.55 Å². The number of hydrogen-bond donors (Lipinski definition) is 1. The minimum Gasteiger partial charge on any atom is -0.465 e. The first kappa shape index (κ1) is 24.9. The molecule has 35 heavy (non-hydrogen) atoms. The lowest BCUT2D eigenvalue weighted by Crippen LogP contribution is -2.29. The third-order valence-corrected chi connectivity index (χ3v) is 6.84. The Morgan fingerprint density at radius 3 is 2.71 bits per heavy atom. The van der Waals surface area contributed by atoms with Gasteiger partial charge in [0.15, 0.2) is 5.16 Å². The van der Waals surface area contributed by atoms with E-state index >= 15 is 0 Å². The van der Waals surface area contributed by atoms with E-state index < -0.39 is 5.97 Å². The van der Waals surface area contributed by atoms with Crippen molar-refractivity contribution in [3.05, 3.63) is 63.9 Å². The molecule has 9 heteroatoms. The molecule has 0 saturated carbocycles. The van der Waals surface area contributed by atoms with Crippen molar-refractivity contribution in [1.29, 1.82) is 0 Å². The summed E-state index contributed by atoms with van der Waals surface area (Å²) in [5.41, 5.74) is 2.42. The summed E-state index contributed by atoms with van der Waals surface area (Å²) in [6.07, 6.45) is 3.80. The Labute approximate surface area is 208 Å². The fourth-order valence-electron chi connectivity index (χ4n) is 4.08. The molecule has 2 aromatic carbocycles. The fourth-order valence-corrected chi connectivity index (χ4v) is 4.89. The van der Waals surface area contributed by atoms with E-state index in [2.05, 4.69) is 17.2 Å². The topological polar surface area (TPSA) is 99.5 Å². The van der Waals surface area contributed by atoms with E-state index in [9.17, 15) is 14.4 Å². The number of fused-ring (bicyclic) bond motifs is 1. The van der Waals surface area contributed by atoms with Gasteiger partial charge in [-0.1, -0.05) is 37.2 Å². The number of thioether (sulfide) groups is 1. The van der Waals surface area contributed by atoms with Crippen molar-refractivity contribution in [2.24, 2.45) is 0 Å². The number of rotatable bonds is 9. The molecular formula is C26H29N3O5S. The molecule has 0 radical (unpaired) electrons. The van der Waals surface area contributed by atoms with Crippen LogP contribution >= 0.6 is 11.8 Å². The van der Waals surface area contributed by atoms with E-state index in [1.54, 1.807) is 22.8 Å². The zero-order valence-electron chi connectivity index (χ0n) is 19.9. The summed E-state index contributed by atoms with van der Waals surface area (Å²) in [7, 11) is 1.30. The summed E-state index contributed by atoms with van der Waals surface area (Å²) >= 11 is 1.19. The second-order valence-corrected chi connectivity index (χ2v) is 9.39. The van der Waals surface area contributed by atoms with E-state index in [1.165, 1.54) is 24.4 Å². The molecule has 3 aromatic rings. The van der Waals surface area contributed by atoms with Gasteiger partial charge in [-0.25, -0.2) is 9.78 Å². The summed E-state index contributed by atoms with van der Waals surface area (Å²) in [5.74, 6) is -0.619. The normalized spacial score (nSPS) is 15.3. The predicted octanol–water partition coefficient (Wildman–Crippen LogP) is 4.05. The van der Waals surface area contributed by atoms with Crippen LogP contribution in [-0.4, -0.2) is 47.0 Å². The maximum atomic E-state index is 13.3. The number of anilines is 1. The van der Waals surface area contributed by atoms with E-state index in [0.29, 0.717) is 34.8 Å². The smallest absolute Gasteiger partial charge is 0.337 e. The van der Waals surface area contributed by atoms with Crippen LogP contribution in [0.25, 0.3) is 10.9 Å². The molecule has 1 unspecified atom stereocenters. The Morgan fingerprint density at radius 1 is 1.23 bits per heavy atom. The molecule has 1 N–H and O–H groups in total. The van der Waals surface area contributed by atoms with Gasteiger partial charge in [0.1, 0.15) is 0 Å². The first-order valence-corrected chi connectivity index (χ1v) is 12.7. The van der Waals surface area contributed by atoms with Gasteiger partial charge in [0.2, 0.25) is 5.91 Å². The van der Waals surface area contributed by atoms with E-state index in [4.69, 9.17) is 9.47 Å². The Kier molecular flexibility index (Phi) is 8.20. The maximum Gasteiger partial charge on any atom is 0.337 e. The van der Waals surface area contributed by atoms with Crippen molar-refractivity contribution in [3.8, 4) is 0 Å². The molecule has 0 spiro atoms. The Hall–Kier alpha value is -3.17. The molecule has 0 aliphatic carbocycles. The van der Waals surface area contributed by atoms with Crippen LogP contribution in [0.3, 0.4) is 0 Å². The minimum absolute atomic E-state index is 0.0731. The van der Waals surface area contributed by atoms with Crippen LogP contribution in [0.4, 0.5) is 5.69 Å². The van der Waals surface area contributed by atoms with Crippen LogP contribution in [0.1, 0.15) is 42.1 Å². The molecule has 0 bridgehead atoms. The summed E-state index contributed by atoms with van der Waals surface area (Å²) in [6.45, 7) is 3.16. The van der Waals surface area contributed by atoms with Crippen LogP contribution in [0.5, 0.6) is 0 Å². The Bertz CT molecular complexity index is 1270. The number of nitrogens with zero attached hydrogens (tertiary/aromatic N) is 2. The number of methoxy groups -OCH3 is 1. The molecule has 1 saturated heterocycles. The van der Waals surface area contributed by atoms with E-state index in [0.717, 1.165) is 31.4 Å². The second kappa shape index (κ2) is 11.5. The Balaban J connectivity index is 1.57. The first-order chi connectivity index (χ1) is 17.0. The third kappa shape index (κ3) is 6.10. The molecule has 8 nitrogen and oxygen atoms in total. The molecule has 1 amide bonds. The highest BCUT2D eigenvalue weighted by atomic mass is 32.2. The van der Waals surface area contributed by atoms with Gasteiger partial charge in [-0.3, -0.25) is 14.2 Å². The molecule has 1 aliphatic heterocycles. The van der Waals surface area contributed by atoms with Crippen LogP contribution in [0, 0.1) is 0 Å². The standard InChI is InChI=1S/C26H29N3O5S/c1-3-5-17-7-10-19(11-8-17)27-23(30)16-35-26-28-22-14-18(25(32)33-2)9-12-21(22)24(31)29(26)15-20-6-4-13-34-20/h7-12,14,20H,3-6,13,15-16H2,1-2H3,(H,27,30). The van der Waals surface area contributed by atoms with E-state index in [1.807, 2.05) is 24.3 Å². The van der Waals surface area contributed by atoms with Gasteiger partial charge < -0.3 is 14.8 Å². The molecule has 2 heterocycles. The number of benzene rings is 2. The lowest BCUT2D eigenvalue weighted by atomic mass is 10.1. The predicted molar refractivity (Wildman–Crippen MR) is 136 cm³/mol. The molecular weight excluding hydrogens is 466 g/mol. The number of nitrogens with one attached hydrogen (secondary N) is 1. The number of aromatic nitrogens is 2. The molecule has 1 aliphatic rings. The largest absolute Gasteiger partial charge is 0.465 e. The summed E-state index contributed by atoms with van der Waals surface area (Å²) in [5, 5.41) is 3.71. The van der Waals surface area contributed by atoms with Gasteiger partial charge in [-0.15, -0.1) is 0 Å². The second-order valence-electron chi connectivity index (χ2n) is 8.45. The lowest BCUT2D eigenvalue weighted by Gasteiger charge is -2.16. The van der Waals surface area contributed by atoms with Gasteiger partial charge in [0.05, 0.1) is 42.0 Å². The number of esters is 1. The Morgan fingerprint density at radius 2 is 2.03 bits per heavy atom. The van der Waals surface area contributed by atoms with Crippen molar-refractivity contribution >= 4 is 40.2 Å². The zero-order valence-corrected chi connectivity index (χ0v) is 20.7. The minimum atomic E-state index is -0.504. The SMILES string of the molecule is CCCc1ccc(NC(=O)CSc2nc3cc(C(=O)OC)ccc3c(=O)n2CC2CCCO2)cc1. The number of hydrogen-bond acceptors (Lipinski definition) is 7. The third-order valence-electron chi connectivity index (χ3n) is 5.86. The quantitative estimate of drug-likeness (QED) is 0.272. The fraction of sp³-hybridized carbons (Fsp3) is 0.385. The average molecular weight is 496 g/mol. The molecule has 1 atom stereocenters. The van der Waals surface area contributed by atoms with Crippen molar-refractivity contribution in [2.75, 3.05) is 24.8 Å². The summed E-state index contributed by atoms with van der Waals surface area (Å²) in [6, 6.07) is 12.5. The van der Waals surface area contributed by atoms with Crippen LogP contribution in [0.15, 0.2) is 52.4 Å². The zero-order chi connectivity index (χ0) is 24.8. The number of amides is 1. The average Bonchev–Trinajstić information content (AvgIpc) is 3.38. The lowest BCUT2D eigenvalue weighted by molar-refractivity contribution is -0.113. The summed E-state index contributed by atoms with van der Waals surface area (Å²) in [4.78, 5) is 42.6. The number of ether oxygens (including phenoxy) is 2. The van der Waals surface area contributed by atoms with Gasteiger partial charge in [0, 0.05) is 12.3 Å². The van der Waals surface area contributed by atoms with Gasteiger partial charge in [0.25, 0.3) is 5.56 Å². The van der Waals surface area contributed by atoms with Crippen LogP contribution < -0.4 is 10.9 Å². The highest BCUT2D eigenvalue weighted by Gasteiger charge is 2.21. The van der Waals surface area contributed by atoms with Gasteiger partial charge >= 0.3 is 5.97 Å². The highest BCUT2D eigenvalue weighted by molar-refractivity contribution is 7.99. The van der Waals surface area contributed by atoms with Gasteiger partial charge in [-0.05, 0) is 55.2 Å². The van der Waals surface area contributed by atoms with Crippen molar-refractivity contribution in [3.63, 3.8) is 0 Å². The van der Waals surface area contributed by atoms with Crippen LogP contribution in [0.2, 0.25) is 0 Å². The van der Waals surface area contributed by atoms with E-state index in [-0.39, 0.29) is 23.3 Å². The summed E-state index contributed by atoms with van der Waals surface area (Å²) < 4.78 is 12.1. The number of carbonyl (C=O) groups excluding carboxylic acids is 2.